The van der Waals surface area contributed by atoms with E-state index in [0.717, 1.165) is 24.0 Å². The quantitative estimate of drug-likeness (QED) is 0.263. The molecule has 2 atom stereocenters. The molecule has 0 amide bonds. The van der Waals surface area contributed by atoms with Gasteiger partial charge in [-0.3, -0.25) is 19.2 Å². The first-order valence-electron chi connectivity index (χ1n) is 14.7. The van der Waals surface area contributed by atoms with E-state index in [2.05, 4.69) is 24.8 Å². The fourth-order valence-electron chi connectivity index (χ4n) is 6.83. The normalized spacial score (nSPS) is 19.9. The second-order valence-corrected chi connectivity index (χ2v) is 11.6. The third-order valence-corrected chi connectivity index (χ3v) is 8.90. The maximum atomic E-state index is 16.7. The van der Waals surface area contributed by atoms with Gasteiger partial charge in [0.1, 0.15) is 59.9 Å². The van der Waals surface area contributed by atoms with Crippen molar-refractivity contribution in [2.24, 2.45) is 0 Å². The van der Waals surface area contributed by atoms with Crippen LogP contribution in [0.2, 0.25) is 0 Å². The minimum absolute atomic E-state index is 0.0890. The first-order valence-corrected chi connectivity index (χ1v) is 14.7. The fraction of sp³-hybridized carbons (Fsp3) is 0.344. The van der Waals surface area contributed by atoms with Gasteiger partial charge in [0.2, 0.25) is 0 Å². The number of benzene rings is 2. The molecule has 2 aliphatic rings. The third kappa shape index (κ3) is 4.86. The highest BCUT2D eigenvalue weighted by atomic mass is 19.1. The van der Waals surface area contributed by atoms with E-state index in [1.165, 1.54) is 43.0 Å². The number of hydrogen-bond donors (Lipinski definition) is 2. The summed E-state index contributed by atoms with van der Waals surface area (Å²) in [5.74, 6) is -2.11. The molecule has 45 heavy (non-hydrogen) atoms. The number of aryl methyl sites for hydroxylation is 1. The summed E-state index contributed by atoms with van der Waals surface area (Å²) in [6.45, 7) is 2.20. The summed E-state index contributed by atoms with van der Waals surface area (Å²) < 4.78 is 53.1. The molecule has 0 saturated carbocycles. The average Bonchev–Trinajstić information content (AvgIpc) is 3.74. The van der Waals surface area contributed by atoms with Crippen LogP contribution in [0.1, 0.15) is 36.5 Å². The average molecular weight is 619 g/mol. The van der Waals surface area contributed by atoms with Crippen LogP contribution in [0.15, 0.2) is 43.0 Å². The number of carbonyl (C=O) groups is 1. The Labute approximate surface area is 255 Å². The van der Waals surface area contributed by atoms with Crippen molar-refractivity contribution in [2.45, 2.75) is 44.3 Å². The molecule has 2 aromatic carbocycles. The van der Waals surface area contributed by atoms with Gasteiger partial charge in [-0.05, 0) is 60.3 Å². The second kappa shape index (κ2) is 11.1. The number of aliphatic hydroxyl groups excluding tert-OH is 1. The lowest BCUT2D eigenvalue weighted by Crippen LogP contribution is -2.43. The van der Waals surface area contributed by atoms with Crippen molar-refractivity contribution in [3.05, 3.63) is 60.2 Å². The standard InChI is InChI=1S/C32H29F3N6O4/c1-2-20-23(34)5-4-17-8-19(43)9-21(26(17)20)29-27(35)30-22(11-36-29)28(24-13-40(16-37-24)25(44)14-42)38-31(39-30)45-15-32-6-3-7-41(32)12-18(33)10-32/h4-5,8-9,11,13,16,18,42-43H,2-3,6-7,10,12,14-15H2,1H3/t18-,32+/m1/s1. The van der Waals surface area contributed by atoms with Crippen molar-refractivity contribution in [3.63, 3.8) is 0 Å². The molecule has 0 unspecified atom stereocenters. The molecule has 7 rings (SSSR count). The molecule has 0 bridgehead atoms. The summed E-state index contributed by atoms with van der Waals surface area (Å²) in [4.78, 5) is 31.7. The van der Waals surface area contributed by atoms with Gasteiger partial charge >= 0.3 is 6.01 Å². The number of aliphatic hydroxyl groups is 1. The van der Waals surface area contributed by atoms with E-state index in [1.807, 2.05) is 0 Å². The summed E-state index contributed by atoms with van der Waals surface area (Å²) in [7, 11) is 0. The van der Waals surface area contributed by atoms with Crippen LogP contribution in [-0.2, 0) is 6.42 Å². The number of pyridine rings is 1. The van der Waals surface area contributed by atoms with Crippen molar-refractivity contribution in [3.8, 4) is 34.4 Å². The highest BCUT2D eigenvalue weighted by Gasteiger charge is 2.49. The molecule has 10 nitrogen and oxygen atoms in total. The largest absolute Gasteiger partial charge is 0.508 e. The van der Waals surface area contributed by atoms with Gasteiger partial charge in [0.25, 0.3) is 5.91 Å². The van der Waals surface area contributed by atoms with Gasteiger partial charge < -0.3 is 14.9 Å². The molecule has 5 heterocycles. The Bertz CT molecular complexity index is 1980. The van der Waals surface area contributed by atoms with Crippen LogP contribution in [0.4, 0.5) is 13.2 Å². The Morgan fingerprint density at radius 2 is 2.02 bits per heavy atom. The van der Waals surface area contributed by atoms with Crippen LogP contribution in [0.5, 0.6) is 11.8 Å². The number of alkyl halides is 1. The van der Waals surface area contributed by atoms with Crippen molar-refractivity contribution in [2.75, 3.05) is 26.3 Å². The number of aromatic nitrogens is 5. The van der Waals surface area contributed by atoms with Crippen molar-refractivity contribution in [1.82, 2.24) is 29.4 Å². The van der Waals surface area contributed by atoms with Crippen LogP contribution < -0.4 is 4.74 Å². The van der Waals surface area contributed by atoms with Gasteiger partial charge in [0, 0.05) is 36.3 Å². The van der Waals surface area contributed by atoms with Gasteiger partial charge in [-0.2, -0.15) is 9.97 Å². The van der Waals surface area contributed by atoms with Crippen LogP contribution in [0.3, 0.4) is 0 Å². The zero-order valence-corrected chi connectivity index (χ0v) is 24.3. The predicted octanol–water partition coefficient (Wildman–Crippen LogP) is 4.84. The van der Waals surface area contributed by atoms with E-state index >= 15 is 4.39 Å². The predicted molar refractivity (Wildman–Crippen MR) is 159 cm³/mol. The first kappa shape index (κ1) is 29.1. The molecule has 0 aliphatic carbocycles. The smallest absolute Gasteiger partial charge is 0.317 e. The lowest BCUT2D eigenvalue weighted by atomic mass is 9.94. The Kier molecular flexibility index (Phi) is 7.16. The van der Waals surface area contributed by atoms with E-state index < -0.39 is 35.9 Å². The van der Waals surface area contributed by atoms with Crippen LogP contribution in [0.25, 0.3) is 44.3 Å². The van der Waals surface area contributed by atoms with Gasteiger partial charge in [0.15, 0.2) is 5.82 Å². The van der Waals surface area contributed by atoms with Gasteiger partial charge in [-0.25, -0.2) is 18.2 Å². The topological polar surface area (TPSA) is 126 Å². The third-order valence-electron chi connectivity index (χ3n) is 8.90. The molecule has 2 N–H and O–H groups in total. The maximum Gasteiger partial charge on any atom is 0.317 e. The summed E-state index contributed by atoms with van der Waals surface area (Å²) in [5, 5.41) is 20.9. The van der Waals surface area contributed by atoms with Gasteiger partial charge in [-0.1, -0.05) is 13.0 Å². The zero-order valence-electron chi connectivity index (χ0n) is 24.3. The first-order chi connectivity index (χ1) is 21.7. The molecular weight excluding hydrogens is 589 g/mol. The molecule has 232 valence electrons. The summed E-state index contributed by atoms with van der Waals surface area (Å²) in [6, 6.07) is 5.45. The number of phenols is 1. The lowest BCUT2D eigenvalue weighted by Gasteiger charge is -2.30. The van der Waals surface area contributed by atoms with Crippen molar-refractivity contribution >= 4 is 27.6 Å². The number of phenolic OH excluding ortho intramolecular Hbond substituents is 1. The van der Waals surface area contributed by atoms with E-state index in [9.17, 15) is 23.8 Å². The molecular formula is C32H29F3N6O4. The van der Waals surface area contributed by atoms with E-state index in [4.69, 9.17) is 4.74 Å². The molecule has 13 heteroatoms. The lowest BCUT2D eigenvalue weighted by molar-refractivity contribution is 0.0818. The highest BCUT2D eigenvalue weighted by Crippen LogP contribution is 2.41. The number of carbonyl (C=O) groups excluding carboxylic acids is 1. The Morgan fingerprint density at radius 1 is 1.18 bits per heavy atom. The number of aromatic hydroxyl groups is 1. The van der Waals surface area contributed by atoms with Gasteiger partial charge in [-0.15, -0.1) is 0 Å². The molecule has 0 spiro atoms. The summed E-state index contributed by atoms with van der Waals surface area (Å²) >= 11 is 0. The molecule has 2 aliphatic heterocycles. The number of rotatable bonds is 7. The van der Waals surface area contributed by atoms with Crippen molar-refractivity contribution in [1.29, 1.82) is 0 Å². The molecule has 2 fully saturated rings. The monoisotopic (exact) mass is 618 g/mol. The number of imidazole rings is 1. The van der Waals surface area contributed by atoms with E-state index in [1.54, 1.807) is 6.92 Å². The Balaban J connectivity index is 1.40. The summed E-state index contributed by atoms with van der Waals surface area (Å²) in [5.41, 5.74) is -0.0437. The number of nitrogens with zero attached hydrogens (tertiary/aromatic N) is 6. The van der Waals surface area contributed by atoms with E-state index in [0.29, 0.717) is 35.7 Å². The number of fused-ring (bicyclic) bond motifs is 3. The summed E-state index contributed by atoms with van der Waals surface area (Å²) in [6.07, 6.45) is 5.19. The molecule has 5 aromatic rings. The molecule has 2 saturated heterocycles. The maximum absolute atomic E-state index is 16.7. The van der Waals surface area contributed by atoms with Crippen molar-refractivity contribution < 1.29 is 32.9 Å². The van der Waals surface area contributed by atoms with Crippen LogP contribution >= 0.6 is 0 Å². The SMILES string of the molecule is CCc1c(F)ccc2cc(O)cc(-c3ncc4c(-c5cn(C(=O)CO)cn5)nc(OC[C@@]56CCCN5C[C@H](F)C6)nc4c3F)c12. The minimum Gasteiger partial charge on any atom is -0.508 e. The Hall–Kier alpha value is -4.62. The van der Waals surface area contributed by atoms with Crippen LogP contribution in [-0.4, -0.2) is 83.5 Å². The Morgan fingerprint density at radius 3 is 2.82 bits per heavy atom. The highest BCUT2D eigenvalue weighted by molar-refractivity contribution is 6.02. The minimum atomic E-state index is -0.976. The van der Waals surface area contributed by atoms with E-state index in [-0.39, 0.29) is 51.9 Å². The number of hydrogen-bond acceptors (Lipinski definition) is 9. The second-order valence-electron chi connectivity index (χ2n) is 11.6. The van der Waals surface area contributed by atoms with Gasteiger partial charge in [0.05, 0.1) is 5.54 Å². The molecule has 0 radical (unpaired) electrons. The zero-order chi connectivity index (χ0) is 31.5. The molecule has 3 aromatic heterocycles. The number of ether oxygens (including phenoxy) is 1. The van der Waals surface area contributed by atoms with Crippen LogP contribution in [0, 0.1) is 11.6 Å². The number of halogens is 3. The fourth-order valence-corrected chi connectivity index (χ4v) is 6.83.